The molecule has 4 N–H and O–H groups in total. The summed E-state index contributed by atoms with van der Waals surface area (Å²) in [7, 11) is 2.19. The van der Waals surface area contributed by atoms with Gasteiger partial charge in [0.15, 0.2) is 0 Å². The van der Waals surface area contributed by atoms with E-state index in [2.05, 4.69) is 32.7 Å². The topological polar surface area (TPSA) is 79.1 Å². The number of piperidine rings is 1. The summed E-state index contributed by atoms with van der Waals surface area (Å²) in [4.78, 5) is 10.5. The minimum atomic E-state index is 0.631. The maximum Gasteiger partial charge on any atom is 0.145 e. The van der Waals surface area contributed by atoms with Crippen molar-refractivity contribution in [3.63, 3.8) is 0 Å². The fourth-order valence-corrected chi connectivity index (χ4v) is 2.29. The molecule has 0 bridgehead atoms. The van der Waals surface area contributed by atoms with Crippen LogP contribution in [0.1, 0.15) is 19.3 Å². The van der Waals surface area contributed by atoms with Crippen LogP contribution in [0, 0.1) is 5.92 Å². The van der Waals surface area contributed by atoms with E-state index in [1.807, 2.05) is 6.07 Å². The fourth-order valence-electron chi connectivity index (χ4n) is 2.29. The van der Waals surface area contributed by atoms with Crippen molar-refractivity contribution in [3.8, 4) is 0 Å². The van der Waals surface area contributed by atoms with E-state index in [0.29, 0.717) is 5.82 Å². The molecule has 1 fully saturated rings. The van der Waals surface area contributed by atoms with Gasteiger partial charge in [-0.1, -0.05) is 0 Å². The van der Waals surface area contributed by atoms with Crippen LogP contribution < -0.4 is 16.6 Å². The normalized spacial score (nSPS) is 17.7. The Labute approximate surface area is 108 Å². The van der Waals surface area contributed by atoms with Gasteiger partial charge in [-0.15, -0.1) is 0 Å². The maximum absolute atomic E-state index is 5.30. The minimum absolute atomic E-state index is 0.631. The van der Waals surface area contributed by atoms with Crippen molar-refractivity contribution in [2.75, 3.05) is 37.4 Å². The molecular formula is C12H22N6. The van der Waals surface area contributed by atoms with E-state index < -0.39 is 0 Å². The number of nitrogens with zero attached hydrogens (tertiary/aromatic N) is 3. The summed E-state index contributed by atoms with van der Waals surface area (Å²) in [6, 6.07) is 1.81. The number of hydrazine groups is 1. The zero-order valence-corrected chi connectivity index (χ0v) is 10.9. The van der Waals surface area contributed by atoms with Crippen LogP contribution >= 0.6 is 0 Å². The third-order valence-corrected chi connectivity index (χ3v) is 3.51. The summed E-state index contributed by atoms with van der Waals surface area (Å²) in [6.07, 6.45) is 5.31. The van der Waals surface area contributed by atoms with Crippen LogP contribution in [-0.2, 0) is 0 Å². The van der Waals surface area contributed by atoms with Gasteiger partial charge >= 0.3 is 0 Å². The number of likely N-dealkylation sites (tertiary alicyclic amines) is 1. The van der Waals surface area contributed by atoms with Crippen molar-refractivity contribution in [1.82, 2.24) is 14.9 Å². The first-order chi connectivity index (χ1) is 8.78. The SMILES string of the molecule is CN1CCC(CCNc2cc(NN)ncn2)CC1. The molecule has 0 amide bonds. The Kier molecular flexibility index (Phi) is 4.72. The van der Waals surface area contributed by atoms with Crippen LogP contribution in [0.3, 0.4) is 0 Å². The third kappa shape index (κ3) is 3.82. The van der Waals surface area contributed by atoms with Crippen LogP contribution in [-0.4, -0.2) is 41.5 Å². The predicted molar refractivity (Wildman–Crippen MR) is 73.2 cm³/mol. The smallest absolute Gasteiger partial charge is 0.145 e. The highest BCUT2D eigenvalue weighted by atomic mass is 15.3. The molecule has 6 heteroatoms. The number of anilines is 2. The third-order valence-electron chi connectivity index (χ3n) is 3.51. The van der Waals surface area contributed by atoms with Gasteiger partial charge in [0, 0.05) is 12.6 Å². The molecule has 1 aromatic heterocycles. The van der Waals surface area contributed by atoms with Crippen molar-refractivity contribution in [1.29, 1.82) is 0 Å². The number of aromatic nitrogens is 2. The highest BCUT2D eigenvalue weighted by molar-refractivity contribution is 5.45. The monoisotopic (exact) mass is 250 g/mol. The largest absolute Gasteiger partial charge is 0.370 e. The Morgan fingerprint density at radius 1 is 1.33 bits per heavy atom. The molecule has 1 aliphatic heterocycles. The van der Waals surface area contributed by atoms with Crippen LogP contribution in [0.5, 0.6) is 0 Å². The van der Waals surface area contributed by atoms with E-state index in [1.165, 1.54) is 38.7 Å². The summed E-state index contributed by atoms with van der Waals surface area (Å²) in [5, 5.41) is 3.32. The van der Waals surface area contributed by atoms with E-state index in [9.17, 15) is 0 Å². The van der Waals surface area contributed by atoms with Crippen LogP contribution in [0.15, 0.2) is 12.4 Å². The van der Waals surface area contributed by atoms with Crippen LogP contribution in [0.2, 0.25) is 0 Å². The lowest BCUT2D eigenvalue weighted by atomic mass is 9.94. The molecular weight excluding hydrogens is 228 g/mol. The van der Waals surface area contributed by atoms with Gasteiger partial charge < -0.3 is 15.6 Å². The van der Waals surface area contributed by atoms with Crippen molar-refractivity contribution in [2.24, 2.45) is 11.8 Å². The highest BCUT2D eigenvalue weighted by Gasteiger charge is 2.15. The predicted octanol–water partition coefficient (Wildman–Crippen LogP) is 0.906. The molecule has 0 atom stereocenters. The maximum atomic E-state index is 5.30. The van der Waals surface area contributed by atoms with Gasteiger partial charge in [0.25, 0.3) is 0 Å². The van der Waals surface area contributed by atoms with E-state index in [1.54, 1.807) is 0 Å². The first-order valence-electron chi connectivity index (χ1n) is 6.49. The Hall–Kier alpha value is -1.40. The average Bonchev–Trinajstić information content (AvgIpc) is 2.41. The van der Waals surface area contributed by atoms with Crippen LogP contribution in [0.4, 0.5) is 11.6 Å². The van der Waals surface area contributed by atoms with E-state index >= 15 is 0 Å². The van der Waals surface area contributed by atoms with E-state index in [-0.39, 0.29) is 0 Å². The van der Waals surface area contributed by atoms with Crippen molar-refractivity contribution in [2.45, 2.75) is 19.3 Å². The van der Waals surface area contributed by atoms with Gasteiger partial charge in [0.1, 0.15) is 18.0 Å². The van der Waals surface area contributed by atoms with E-state index in [4.69, 9.17) is 5.84 Å². The van der Waals surface area contributed by atoms with Crippen molar-refractivity contribution >= 4 is 11.6 Å². The molecule has 100 valence electrons. The summed E-state index contributed by atoms with van der Waals surface area (Å²) in [5.74, 6) is 7.60. The van der Waals surface area contributed by atoms with E-state index in [0.717, 1.165) is 18.3 Å². The van der Waals surface area contributed by atoms with Gasteiger partial charge in [-0.05, 0) is 45.3 Å². The first-order valence-corrected chi connectivity index (χ1v) is 6.49. The number of hydrogen-bond donors (Lipinski definition) is 3. The molecule has 1 saturated heterocycles. The lowest BCUT2D eigenvalue weighted by Gasteiger charge is -2.28. The zero-order valence-electron chi connectivity index (χ0n) is 10.9. The Morgan fingerprint density at radius 3 is 2.78 bits per heavy atom. The molecule has 2 rings (SSSR count). The molecule has 1 aliphatic rings. The van der Waals surface area contributed by atoms with Gasteiger partial charge in [0.05, 0.1) is 0 Å². The van der Waals surface area contributed by atoms with Gasteiger partial charge in [-0.25, -0.2) is 15.8 Å². The minimum Gasteiger partial charge on any atom is -0.370 e. The number of rotatable bonds is 5. The van der Waals surface area contributed by atoms with Gasteiger partial charge in [-0.2, -0.15) is 0 Å². The molecule has 18 heavy (non-hydrogen) atoms. The first kappa shape index (κ1) is 13.0. The Balaban J connectivity index is 1.71. The molecule has 0 radical (unpaired) electrons. The Bertz CT molecular complexity index is 361. The zero-order chi connectivity index (χ0) is 12.8. The molecule has 0 aromatic carbocycles. The van der Waals surface area contributed by atoms with Crippen molar-refractivity contribution in [3.05, 3.63) is 12.4 Å². The molecule has 1 aromatic rings. The molecule has 6 nitrogen and oxygen atoms in total. The van der Waals surface area contributed by atoms with Crippen LogP contribution in [0.25, 0.3) is 0 Å². The average molecular weight is 250 g/mol. The second kappa shape index (κ2) is 6.51. The standard InChI is InChI=1S/C12H22N6/c1-18-6-3-10(4-7-18)2-5-14-11-8-12(17-13)16-9-15-11/h8-10H,2-7,13H2,1H3,(H2,14,15,16,17). The molecule has 0 unspecified atom stereocenters. The molecule has 0 saturated carbocycles. The number of nitrogens with one attached hydrogen (secondary N) is 2. The van der Waals surface area contributed by atoms with Gasteiger partial charge in [-0.3, -0.25) is 0 Å². The number of hydrogen-bond acceptors (Lipinski definition) is 6. The Morgan fingerprint density at radius 2 is 2.06 bits per heavy atom. The summed E-state index contributed by atoms with van der Waals surface area (Å²) < 4.78 is 0. The molecule has 2 heterocycles. The second-order valence-corrected chi connectivity index (χ2v) is 4.89. The number of nitrogens with two attached hydrogens (primary N) is 1. The molecule has 0 aliphatic carbocycles. The lowest BCUT2D eigenvalue weighted by molar-refractivity contribution is 0.215. The highest BCUT2D eigenvalue weighted by Crippen LogP contribution is 2.19. The summed E-state index contributed by atoms with van der Waals surface area (Å²) in [6.45, 7) is 3.40. The van der Waals surface area contributed by atoms with Gasteiger partial charge in [0.2, 0.25) is 0 Å². The summed E-state index contributed by atoms with van der Waals surface area (Å²) in [5.41, 5.74) is 2.52. The quantitative estimate of drug-likeness (QED) is 0.532. The molecule has 0 spiro atoms. The number of nitrogen functional groups attached to an aromatic ring is 1. The summed E-state index contributed by atoms with van der Waals surface area (Å²) >= 11 is 0. The lowest BCUT2D eigenvalue weighted by Crippen LogP contribution is -2.30. The van der Waals surface area contributed by atoms with Crippen molar-refractivity contribution < 1.29 is 0 Å². The fraction of sp³-hybridized carbons (Fsp3) is 0.667. The second-order valence-electron chi connectivity index (χ2n) is 4.89.